The van der Waals surface area contributed by atoms with Crippen LogP contribution in [0.3, 0.4) is 0 Å². The largest absolute Gasteiger partial charge is 0.492 e. The van der Waals surface area contributed by atoms with E-state index in [4.69, 9.17) is 23.7 Å². The Morgan fingerprint density at radius 2 is 0.952 bits per heavy atom. The number of benzene rings is 2. The molecule has 2 rings (SSSR count). The number of ketones is 1. The van der Waals surface area contributed by atoms with Crippen molar-refractivity contribution < 1.29 is 57.2 Å². The van der Waals surface area contributed by atoms with Gasteiger partial charge in [-0.3, -0.25) is 19.3 Å². The molecule has 472 valence electrons. The van der Waals surface area contributed by atoms with E-state index in [2.05, 4.69) is 53.6 Å². The highest BCUT2D eigenvalue weighted by molar-refractivity contribution is 5.97. The summed E-state index contributed by atoms with van der Waals surface area (Å²) in [5.74, 6) is 0.163. The molecule has 0 saturated heterocycles. The van der Waals surface area contributed by atoms with Crippen LogP contribution in [0.5, 0.6) is 5.75 Å². The maximum Gasteiger partial charge on any atom is 0.434 e. The molecule has 0 spiro atoms. The van der Waals surface area contributed by atoms with Crippen LogP contribution in [0.25, 0.3) is 0 Å². The van der Waals surface area contributed by atoms with E-state index >= 15 is 0 Å². The summed E-state index contributed by atoms with van der Waals surface area (Å²) in [6.45, 7) is 28.7. The second kappa shape index (κ2) is 38.5. The van der Waals surface area contributed by atoms with E-state index < -0.39 is 58.9 Å². The Morgan fingerprint density at radius 1 is 0.500 bits per heavy atom. The fourth-order valence-electron chi connectivity index (χ4n) is 8.40. The van der Waals surface area contributed by atoms with Crippen LogP contribution in [-0.4, -0.2) is 145 Å². The van der Waals surface area contributed by atoms with Crippen molar-refractivity contribution in [2.75, 3.05) is 52.4 Å². The number of ether oxygens (including phenoxy) is 5. The number of Topliss-reactive ketones (excluding diaryl/α,β-unsaturated/α-hetero) is 1. The Labute approximate surface area is 501 Å². The quantitative estimate of drug-likeness (QED) is 0.0184. The zero-order valence-electron chi connectivity index (χ0n) is 53.4. The van der Waals surface area contributed by atoms with Gasteiger partial charge in [-0.15, -0.1) is 0 Å². The van der Waals surface area contributed by atoms with Gasteiger partial charge in [-0.05, 0) is 205 Å². The van der Waals surface area contributed by atoms with Gasteiger partial charge in [0.15, 0.2) is 5.78 Å². The lowest BCUT2D eigenvalue weighted by molar-refractivity contribution is -0.124. The number of hydrogen-bond donors (Lipinski definition) is 5. The number of nitrogens with zero attached hydrogens (tertiary/aromatic N) is 3. The molecule has 0 heterocycles. The molecule has 0 aliphatic rings. The smallest absolute Gasteiger partial charge is 0.434 e. The zero-order chi connectivity index (χ0) is 62.8. The van der Waals surface area contributed by atoms with Crippen molar-refractivity contribution in [2.45, 2.75) is 228 Å². The van der Waals surface area contributed by atoms with Gasteiger partial charge in [0.25, 0.3) is 0 Å². The highest BCUT2D eigenvalue weighted by Gasteiger charge is 2.26. The predicted octanol–water partition coefficient (Wildman–Crippen LogP) is 11.7. The normalized spacial score (nSPS) is 13.1. The van der Waals surface area contributed by atoms with E-state index in [1.807, 2.05) is 42.5 Å². The fraction of sp³-hybridized carbons (Fsp3) is 0.672. The second-order valence-electron chi connectivity index (χ2n) is 25.3. The van der Waals surface area contributed by atoms with Crippen LogP contribution in [-0.2, 0) is 35.0 Å². The molecular weight excluding hydrogens is 1070 g/mol. The van der Waals surface area contributed by atoms with Crippen molar-refractivity contribution >= 4 is 53.4 Å². The number of carbonyl (C=O) groups is 7. The molecule has 6 amide bonds. The molecule has 0 aliphatic carbocycles. The van der Waals surface area contributed by atoms with Crippen molar-refractivity contribution in [1.29, 1.82) is 0 Å². The molecule has 2 aromatic rings. The number of aryl methyl sites for hydroxylation is 1. The lowest BCUT2D eigenvalue weighted by atomic mass is 10.1. The first kappa shape index (κ1) is 73.7. The highest BCUT2D eigenvalue weighted by Crippen LogP contribution is 2.17. The number of hydrogen-bond acceptors (Lipinski definition) is 14. The van der Waals surface area contributed by atoms with E-state index in [9.17, 15) is 33.6 Å². The maximum absolute atomic E-state index is 13.7. The lowest BCUT2D eigenvalue weighted by Gasteiger charge is -2.25. The third-order valence-electron chi connectivity index (χ3n) is 12.4. The number of aliphatic imine (C=N–C) groups is 2. The first-order chi connectivity index (χ1) is 39.4. The molecule has 20 nitrogen and oxygen atoms in total. The van der Waals surface area contributed by atoms with Crippen LogP contribution < -0.4 is 31.3 Å². The molecule has 84 heavy (non-hydrogen) atoms. The van der Waals surface area contributed by atoms with Gasteiger partial charge >= 0.3 is 24.4 Å². The van der Waals surface area contributed by atoms with Gasteiger partial charge in [0.1, 0.15) is 46.8 Å². The van der Waals surface area contributed by atoms with Crippen molar-refractivity contribution in [3.63, 3.8) is 0 Å². The Kier molecular flexibility index (Phi) is 33.8. The topological polar surface area (TPSA) is 254 Å². The van der Waals surface area contributed by atoms with E-state index in [-0.39, 0.29) is 17.6 Å². The van der Waals surface area contributed by atoms with Crippen molar-refractivity contribution in [2.24, 2.45) is 9.98 Å². The number of alkyl carbamates (subject to hydrolysis) is 2. The van der Waals surface area contributed by atoms with Crippen molar-refractivity contribution in [3.05, 3.63) is 65.7 Å². The molecule has 0 aromatic heterocycles. The second-order valence-corrected chi connectivity index (χ2v) is 25.3. The van der Waals surface area contributed by atoms with E-state index in [1.165, 1.54) is 5.56 Å². The van der Waals surface area contributed by atoms with Gasteiger partial charge in [0.2, 0.25) is 11.8 Å². The lowest BCUT2D eigenvalue weighted by Crippen LogP contribution is -2.48. The summed E-state index contributed by atoms with van der Waals surface area (Å²) >= 11 is 0. The van der Waals surface area contributed by atoms with Crippen LogP contribution in [0.15, 0.2) is 64.6 Å². The van der Waals surface area contributed by atoms with Gasteiger partial charge in [0.05, 0.1) is 6.54 Å². The minimum atomic E-state index is -0.835. The summed E-state index contributed by atoms with van der Waals surface area (Å²) in [4.78, 5) is 100. The average molecular weight is 1180 g/mol. The van der Waals surface area contributed by atoms with Crippen LogP contribution in [0.4, 0.5) is 19.2 Å². The minimum absolute atomic E-state index is 0.0791. The molecular formula is C64H104N8O12. The summed E-state index contributed by atoms with van der Waals surface area (Å²) in [6.07, 6.45) is 7.44. The van der Waals surface area contributed by atoms with Gasteiger partial charge in [-0.2, -0.15) is 9.98 Å². The standard InChI is InChI=1S/C64H104N8O12/c1-47(68-57(76)81-61(3,4)5)28-18-15-22-33-52(70-59(78)83-63(9,10)11)55(74)66-40-26-42-72(44-45-80-51-37-35-49(36-38-51)30-24-25-39-65-46-54(73)50-31-20-17-21-32-50)43-27-41-67-56(75)53(71-60(79)84-64(12,13)14)34-23-16-19-29-48(2)69-58(77)82-62(6,7)8/h17,20-21,31-32,35-38,52-53,65H,15-16,18-19,22-30,33-34,39-46H2,1-14H3,(H,66,74)(H,67,75)(H,70,78)(H,71,79)/t52-,53-/m0/s1. The van der Waals surface area contributed by atoms with Gasteiger partial charge in [-0.1, -0.05) is 68.1 Å². The molecule has 2 aromatic carbocycles. The molecule has 5 N–H and O–H groups in total. The van der Waals surface area contributed by atoms with Crippen molar-refractivity contribution in [3.8, 4) is 5.75 Å². The molecule has 0 saturated carbocycles. The Hall–Kier alpha value is -6.41. The molecule has 0 unspecified atom stereocenters. The molecule has 0 fully saturated rings. The number of amides is 6. The minimum Gasteiger partial charge on any atom is -0.492 e. The average Bonchev–Trinajstić information content (AvgIpc) is 3.39. The third kappa shape index (κ3) is 38.4. The van der Waals surface area contributed by atoms with Gasteiger partial charge < -0.3 is 50.3 Å². The predicted molar refractivity (Wildman–Crippen MR) is 331 cm³/mol. The summed E-state index contributed by atoms with van der Waals surface area (Å²) in [7, 11) is 0. The van der Waals surface area contributed by atoms with E-state index in [1.54, 1.807) is 96.9 Å². The van der Waals surface area contributed by atoms with Crippen molar-refractivity contribution in [1.82, 2.24) is 31.5 Å². The Bertz CT molecular complexity index is 2260. The first-order valence-electron chi connectivity index (χ1n) is 30.2. The summed E-state index contributed by atoms with van der Waals surface area (Å²) in [5, 5.41) is 14.8. The summed E-state index contributed by atoms with van der Waals surface area (Å²) in [5.41, 5.74) is 0.413. The van der Waals surface area contributed by atoms with Crippen LogP contribution >= 0.6 is 0 Å². The number of carbonyl (C=O) groups excluding carboxylic acids is 7. The molecule has 0 bridgehead atoms. The SMILES string of the molecule is CC(CCCCC[C@H](NC(=O)OC(C)(C)C)C(=O)NCCCN(CCCNC(=O)[C@H](CCCCCC(C)=NC(=O)OC(C)(C)C)NC(=O)OC(C)(C)C)CCOc1ccc(CCCCNCC(=O)c2ccccc2)cc1)=NC(=O)OC(C)(C)C. The van der Waals surface area contributed by atoms with Crippen LogP contribution in [0.2, 0.25) is 0 Å². The number of nitrogens with one attached hydrogen (secondary N) is 5. The highest BCUT2D eigenvalue weighted by atomic mass is 16.6. The van der Waals surface area contributed by atoms with Crippen LogP contribution in [0.1, 0.15) is 203 Å². The number of unbranched alkanes of at least 4 members (excludes halogenated alkanes) is 5. The molecule has 2 atom stereocenters. The zero-order valence-corrected chi connectivity index (χ0v) is 53.4. The molecule has 0 aliphatic heterocycles. The first-order valence-corrected chi connectivity index (χ1v) is 30.2. The van der Waals surface area contributed by atoms with Crippen LogP contribution in [0, 0.1) is 0 Å². The Balaban J connectivity index is 2.08. The van der Waals surface area contributed by atoms with E-state index in [0.29, 0.717) is 114 Å². The summed E-state index contributed by atoms with van der Waals surface area (Å²) < 4.78 is 27.8. The van der Waals surface area contributed by atoms with Gasteiger partial charge in [-0.25, -0.2) is 19.2 Å². The Morgan fingerprint density at radius 3 is 1.39 bits per heavy atom. The monoisotopic (exact) mass is 1180 g/mol. The maximum atomic E-state index is 13.7. The van der Waals surface area contributed by atoms with E-state index in [0.717, 1.165) is 57.2 Å². The summed E-state index contributed by atoms with van der Waals surface area (Å²) in [6, 6.07) is 15.7. The third-order valence-corrected chi connectivity index (χ3v) is 12.4. The number of rotatable bonds is 36. The molecule has 20 heteroatoms. The van der Waals surface area contributed by atoms with Gasteiger partial charge in [0, 0.05) is 36.6 Å². The fourth-order valence-corrected chi connectivity index (χ4v) is 8.40. The molecule has 0 radical (unpaired) electrons.